The van der Waals surface area contributed by atoms with E-state index in [0.717, 1.165) is 28.2 Å². The summed E-state index contributed by atoms with van der Waals surface area (Å²) in [5.41, 5.74) is 17.9. The number of hydrogen-bond acceptors (Lipinski definition) is 4. The van der Waals surface area contributed by atoms with Crippen LogP contribution in [-0.4, -0.2) is 5.91 Å². The van der Waals surface area contributed by atoms with E-state index in [1.54, 1.807) is 12.1 Å². The van der Waals surface area contributed by atoms with E-state index < -0.39 is 0 Å². The molecule has 2 aromatic carbocycles. The number of fused-ring (bicyclic) bond motifs is 1. The van der Waals surface area contributed by atoms with E-state index in [-0.39, 0.29) is 5.91 Å². The number of rotatable bonds is 2. The minimum atomic E-state index is -0.134. The Balaban J connectivity index is 2.01. The average Bonchev–Trinajstić information content (AvgIpc) is 2.78. The van der Waals surface area contributed by atoms with Gasteiger partial charge >= 0.3 is 0 Å². The number of nitrogens with two attached hydrogens (primary N) is 2. The predicted molar refractivity (Wildman–Crippen MR) is 91.3 cm³/mol. The zero-order chi connectivity index (χ0) is 15.9. The second-order valence-electron chi connectivity index (χ2n) is 5.46. The molecule has 1 amide bonds. The molecule has 5 heteroatoms. The summed E-state index contributed by atoms with van der Waals surface area (Å²) in [5, 5.41) is 6.09. The van der Waals surface area contributed by atoms with Gasteiger partial charge in [-0.15, -0.1) is 0 Å². The normalized spacial score (nSPS) is 15.3. The number of benzene rings is 2. The van der Waals surface area contributed by atoms with E-state index in [4.69, 9.17) is 11.5 Å². The van der Waals surface area contributed by atoms with Crippen molar-refractivity contribution in [3.8, 4) is 0 Å². The van der Waals surface area contributed by atoms with Crippen molar-refractivity contribution < 1.29 is 4.79 Å². The number of nitrogen functional groups attached to an aromatic ring is 2. The first-order valence-corrected chi connectivity index (χ1v) is 7.01. The highest BCUT2D eigenvalue weighted by atomic mass is 16.2. The second-order valence-corrected chi connectivity index (χ2v) is 5.46. The van der Waals surface area contributed by atoms with Gasteiger partial charge in [-0.05, 0) is 49.7 Å². The van der Waals surface area contributed by atoms with Crippen LogP contribution < -0.4 is 22.1 Å². The van der Waals surface area contributed by atoms with Crippen molar-refractivity contribution in [1.82, 2.24) is 0 Å². The van der Waals surface area contributed by atoms with Crippen LogP contribution in [0.5, 0.6) is 0 Å². The number of anilines is 4. The minimum Gasteiger partial charge on any atom is -0.399 e. The van der Waals surface area contributed by atoms with Crippen LogP contribution in [0.25, 0.3) is 5.57 Å². The summed E-state index contributed by atoms with van der Waals surface area (Å²) in [4.78, 5) is 12.2. The third-order valence-corrected chi connectivity index (χ3v) is 3.77. The lowest BCUT2D eigenvalue weighted by Gasteiger charge is -2.11. The Morgan fingerprint density at radius 3 is 2.64 bits per heavy atom. The second kappa shape index (κ2) is 5.11. The molecular formula is C17H18N4O. The van der Waals surface area contributed by atoms with Crippen molar-refractivity contribution in [2.24, 2.45) is 0 Å². The number of carbonyl (C=O) groups excluding carboxylic acids is 1. The molecule has 5 nitrogen and oxygen atoms in total. The number of allylic oxidation sites excluding steroid dienone is 1. The third-order valence-electron chi connectivity index (χ3n) is 3.77. The standard InChI is InChI=1S/C17H18N4O/c1-9-3-5-12(8-14(9)19)20-10(2)16-13-7-11(18)4-6-15(13)21-17(16)22/h3-8,20H,18-19H2,1-2H3,(H,21,22). The highest BCUT2D eigenvalue weighted by Crippen LogP contribution is 2.35. The molecule has 22 heavy (non-hydrogen) atoms. The van der Waals surface area contributed by atoms with Gasteiger partial charge in [0.25, 0.3) is 5.91 Å². The smallest absolute Gasteiger partial charge is 0.258 e. The maximum absolute atomic E-state index is 12.2. The quantitative estimate of drug-likeness (QED) is 0.506. The predicted octanol–water partition coefficient (Wildman–Crippen LogP) is 2.95. The molecule has 0 radical (unpaired) electrons. The molecule has 1 aliphatic rings. The van der Waals surface area contributed by atoms with Crippen molar-refractivity contribution in [1.29, 1.82) is 0 Å². The molecule has 3 rings (SSSR count). The van der Waals surface area contributed by atoms with Gasteiger partial charge in [0.1, 0.15) is 0 Å². The molecule has 0 aliphatic carbocycles. The zero-order valence-corrected chi connectivity index (χ0v) is 12.5. The number of hydrogen-bond donors (Lipinski definition) is 4. The van der Waals surface area contributed by atoms with Crippen LogP contribution in [-0.2, 0) is 4.79 Å². The zero-order valence-electron chi connectivity index (χ0n) is 12.5. The summed E-state index contributed by atoms with van der Waals surface area (Å²) >= 11 is 0. The molecule has 0 unspecified atom stereocenters. The molecule has 6 N–H and O–H groups in total. The van der Waals surface area contributed by atoms with Crippen LogP contribution in [0.2, 0.25) is 0 Å². The first-order valence-electron chi connectivity index (χ1n) is 7.01. The van der Waals surface area contributed by atoms with Crippen molar-refractivity contribution >= 4 is 34.2 Å². The Bertz CT molecular complexity index is 808. The molecule has 2 aromatic rings. The van der Waals surface area contributed by atoms with Gasteiger partial charge in [0, 0.05) is 34.0 Å². The van der Waals surface area contributed by atoms with Gasteiger partial charge in [0.05, 0.1) is 5.57 Å². The van der Waals surface area contributed by atoms with E-state index >= 15 is 0 Å². The fourth-order valence-corrected chi connectivity index (χ4v) is 2.55. The molecular weight excluding hydrogens is 276 g/mol. The fraction of sp³-hybridized carbons (Fsp3) is 0.118. The lowest BCUT2D eigenvalue weighted by atomic mass is 10.0. The molecule has 0 aromatic heterocycles. The lowest BCUT2D eigenvalue weighted by molar-refractivity contribution is -0.110. The summed E-state index contributed by atoms with van der Waals surface area (Å²) in [7, 11) is 0. The topological polar surface area (TPSA) is 93.2 Å². The van der Waals surface area contributed by atoms with Gasteiger partial charge in [-0.25, -0.2) is 0 Å². The van der Waals surface area contributed by atoms with Gasteiger partial charge in [-0.2, -0.15) is 0 Å². The first-order chi connectivity index (χ1) is 10.5. The van der Waals surface area contributed by atoms with Crippen molar-refractivity contribution in [3.05, 3.63) is 53.2 Å². The summed E-state index contributed by atoms with van der Waals surface area (Å²) in [6.07, 6.45) is 0. The molecule has 0 saturated carbocycles. The molecule has 1 aliphatic heterocycles. The molecule has 112 valence electrons. The molecule has 0 bridgehead atoms. The summed E-state index contributed by atoms with van der Waals surface area (Å²) in [5.74, 6) is -0.134. The molecule has 0 spiro atoms. The Hall–Kier alpha value is -2.95. The Labute approximate surface area is 129 Å². The fourth-order valence-electron chi connectivity index (χ4n) is 2.55. The van der Waals surface area contributed by atoms with E-state index in [1.165, 1.54) is 0 Å². The summed E-state index contributed by atoms with van der Waals surface area (Å²) < 4.78 is 0. The maximum Gasteiger partial charge on any atom is 0.258 e. The number of nitrogens with one attached hydrogen (secondary N) is 2. The maximum atomic E-state index is 12.2. The van der Waals surface area contributed by atoms with Gasteiger partial charge in [-0.1, -0.05) is 6.07 Å². The highest BCUT2D eigenvalue weighted by molar-refractivity contribution is 6.32. The van der Waals surface area contributed by atoms with Crippen molar-refractivity contribution in [2.45, 2.75) is 13.8 Å². The first kappa shape index (κ1) is 14.0. The van der Waals surface area contributed by atoms with Crippen LogP contribution in [0, 0.1) is 6.92 Å². The minimum absolute atomic E-state index is 0.134. The highest BCUT2D eigenvalue weighted by Gasteiger charge is 2.26. The Morgan fingerprint density at radius 1 is 1.14 bits per heavy atom. The van der Waals surface area contributed by atoms with Crippen molar-refractivity contribution in [2.75, 3.05) is 22.1 Å². The molecule has 0 saturated heterocycles. The number of aryl methyl sites for hydroxylation is 1. The van der Waals surface area contributed by atoms with Crippen LogP contribution in [0.3, 0.4) is 0 Å². The SMILES string of the molecule is CC(Nc1ccc(C)c(N)c1)=C1C(=O)Nc2ccc(N)cc21. The monoisotopic (exact) mass is 294 g/mol. The molecule has 0 fully saturated rings. The van der Waals surface area contributed by atoms with Crippen LogP contribution in [0.15, 0.2) is 42.1 Å². The summed E-state index contributed by atoms with van der Waals surface area (Å²) in [6, 6.07) is 11.1. The Morgan fingerprint density at radius 2 is 1.91 bits per heavy atom. The number of carbonyl (C=O) groups is 1. The largest absolute Gasteiger partial charge is 0.399 e. The van der Waals surface area contributed by atoms with Gasteiger partial charge < -0.3 is 22.1 Å². The van der Waals surface area contributed by atoms with Gasteiger partial charge in [0.15, 0.2) is 0 Å². The lowest BCUT2D eigenvalue weighted by Crippen LogP contribution is -2.09. The van der Waals surface area contributed by atoms with E-state index in [1.807, 2.05) is 38.1 Å². The number of amides is 1. The van der Waals surface area contributed by atoms with Crippen LogP contribution in [0.4, 0.5) is 22.7 Å². The van der Waals surface area contributed by atoms with E-state index in [2.05, 4.69) is 10.6 Å². The van der Waals surface area contributed by atoms with Crippen molar-refractivity contribution in [3.63, 3.8) is 0 Å². The summed E-state index contributed by atoms with van der Waals surface area (Å²) in [6.45, 7) is 3.82. The molecule has 1 heterocycles. The van der Waals surface area contributed by atoms with Gasteiger partial charge in [-0.3, -0.25) is 4.79 Å². The van der Waals surface area contributed by atoms with E-state index in [9.17, 15) is 4.79 Å². The average molecular weight is 294 g/mol. The molecule has 0 atom stereocenters. The third kappa shape index (κ3) is 2.37. The van der Waals surface area contributed by atoms with Crippen LogP contribution in [0.1, 0.15) is 18.1 Å². The Kier molecular flexibility index (Phi) is 3.25. The van der Waals surface area contributed by atoms with Crippen LogP contribution >= 0.6 is 0 Å². The van der Waals surface area contributed by atoms with Gasteiger partial charge in [0.2, 0.25) is 0 Å². The van der Waals surface area contributed by atoms with E-state index in [0.29, 0.717) is 16.9 Å².